The zero-order valence-electron chi connectivity index (χ0n) is 6.34. The Balaban J connectivity index is 2.21. The van der Waals surface area contributed by atoms with Crippen molar-refractivity contribution in [3.05, 3.63) is 12.8 Å². The molecule has 0 aliphatic carbocycles. The van der Waals surface area contributed by atoms with Crippen LogP contribution in [0.4, 0.5) is 0 Å². The highest BCUT2D eigenvalue weighted by molar-refractivity contribution is 5.97. The lowest BCUT2D eigenvalue weighted by Crippen LogP contribution is -1.91. The van der Waals surface area contributed by atoms with Crippen LogP contribution in [0.5, 0.6) is 0 Å². The summed E-state index contributed by atoms with van der Waals surface area (Å²) in [6.07, 6.45) is 4.92. The highest BCUT2D eigenvalue weighted by atomic mass is 16.2. The third-order valence-electron chi connectivity index (χ3n) is 1.84. The summed E-state index contributed by atoms with van der Waals surface area (Å²) in [5, 5.41) is 0. The maximum absolute atomic E-state index is 10.8. The molecular weight excluding hydrogens is 126 g/mol. The first kappa shape index (κ1) is 7.32. The Bertz CT molecular complexity index is 153. The van der Waals surface area contributed by atoms with Crippen molar-refractivity contribution >= 4 is 5.91 Å². The number of carbonyl (C=O) groups is 1. The molecule has 1 aliphatic rings. The van der Waals surface area contributed by atoms with Gasteiger partial charge in [0.1, 0.15) is 6.04 Å². The third kappa shape index (κ3) is 1.20. The Hall–Kier alpha value is -0.790. The molecule has 1 rings (SSSR count). The Morgan fingerprint density at radius 3 is 2.90 bits per heavy atom. The molecule has 10 heavy (non-hydrogen) atoms. The SMILES string of the molecule is C=CN1C(=O)C1CCCC. The van der Waals surface area contributed by atoms with E-state index in [4.69, 9.17) is 0 Å². The second-order valence-electron chi connectivity index (χ2n) is 2.59. The van der Waals surface area contributed by atoms with Crippen LogP contribution in [-0.4, -0.2) is 16.8 Å². The van der Waals surface area contributed by atoms with Gasteiger partial charge in [0.25, 0.3) is 0 Å². The fourth-order valence-corrected chi connectivity index (χ4v) is 1.11. The zero-order chi connectivity index (χ0) is 7.56. The van der Waals surface area contributed by atoms with Crippen LogP contribution in [-0.2, 0) is 4.79 Å². The minimum atomic E-state index is 0.178. The van der Waals surface area contributed by atoms with Crippen LogP contribution in [0.1, 0.15) is 26.2 Å². The first-order valence-electron chi connectivity index (χ1n) is 3.76. The number of hydrogen-bond donors (Lipinski definition) is 0. The van der Waals surface area contributed by atoms with Crippen molar-refractivity contribution < 1.29 is 4.79 Å². The van der Waals surface area contributed by atoms with E-state index < -0.39 is 0 Å². The van der Waals surface area contributed by atoms with Gasteiger partial charge in [0.15, 0.2) is 0 Å². The molecule has 2 heteroatoms. The van der Waals surface area contributed by atoms with Crippen LogP contribution in [0.25, 0.3) is 0 Å². The predicted molar refractivity (Wildman–Crippen MR) is 40.4 cm³/mol. The van der Waals surface area contributed by atoms with E-state index in [1.807, 2.05) is 0 Å². The van der Waals surface area contributed by atoms with E-state index in [-0.39, 0.29) is 11.9 Å². The number of carbonyl (C=O) groups excluding carboxylic acids is 1. The molecule has 0 radical (unpaired) electrons. The summed E-state index contributed by atoms with van der Waals surface area (Å²) in [5.41, 5.74) is 0. The number of amides is 1. The number of hydrogen-bond acceptors (Lipinski definition) is 1. The van der Waals surface area contributed by atoms with Crippen LogP contribution in [0.3, 0.4) is 0 Å². The molecule has 1 atom stereocenters. The summed E-state index contributed by atoms with van der Waals surface area (Å²) in [6, 6.07) is 0.178. The van der Waals surface area contributed by atoms with Gasteiger partial charge in [-0.05, 0) is 6.42 Å². The summed E-state index contributed by atoms with van der Waals surface area (Å²) < 4.78 is 0. The highest BCUT2D eigenvalue weighted by Crippen LogP contribution is 2.24. The van der Waals surface area contributed by atoms with Crippen molar-refractivity contribution in [2.45, 2.75) is 32.2 Å². The molecule has 0 N–H and O–H groups in total. The standard InChI is InChI=1S/C8H13NO/c1-3-5-6-7-8(10)9(7)4-2/h4,7H,2-3,5-6H2,1H3. The predicted octanol–water partition coefficient (Wildman–Crippen LogP) is 1.53. The fraction of sp³-hybridized carbons (Fsp3) is 0.625. The van der Waals surface area contributed by atoms with Crippen molar-refractivity contribution in [2.75, 3.05) is 0 Å². The van der Waals surface area contributed by atoms with Crippen LogP contribution in [0.15, 0.2) is 12.8 Å². The first-order valence-corrected chi connectivity index (χ1v) is 3.76. The van der Waals surface area contributed by atoms with Crippen LogP contribution >= 0.6 is 0 Å². The summed E-state index contributed by atoms with van der Waals surface area (Å²) in [4.78, 5) is 12.5. The molecule has 1 unspecified atom stereocenters. The normalized spacial score (nSPS) is 23.1. The van der Waals surface area contributed by atoms with Gasteiger partial charge in [0, 0.05) is 6.20 Å². The maximum atomic E-state index is 10.8. The fourth-order valence-electron chi connectivity index (χ4n) is 1.11. The minimum absolute atomic E-state index is 0.178. The highest BCUT2D eigenvalue weighted by Gasteiger charge is 2.42. The van der Waals surface area contributed by atoms with Crippen molar-refractivity contribution in [1.29, 1.82) is 0 Å². The van der Waals surface area contributed by atoms with Crippen LogP contribution in [0.2, 0.25) is 0 Å². The average molecular weight is 139 g/mol. The monoisotopic (exact) mass is 139 g/mol. The third-order valence-corrected chi connectivity index (χ3v) is 1.84. The average Bonchev–Trinajstić information content (AvgIpc) is 2.56. The van der Waals surface area contributed by atoms with Gasteiger partial charge in [0.05, 0.1) is 0 Å². The molecule has 0 bridgehead atoms. The molecule has 56 valence electrons. The van der Waals surface area contributed by atoms with Gasteiger partial charge in [-0.1, -0.05) is 26.3 Å². The second kappa shape index (κ2) is 2.86. The van der Waals surface area contributed by atoms with E-state index in [0.717, 1.165) is 19.3 Å². The molecule has 0 aromatic rings. The van der Waals surface area contributed by atoms with Crippen molar-refractivity contribution in [1.82, 2.24) is 4.90 Å². The summed E-state index contributed by atoms with van der Waals surface area (Å²) >= 11 is 0. The van der Waals surface area contributed by atoms with E-state index in [2.05, 4.69) is 13.5 Å². The molecule has 0 saturated carbocycles. The Kier molecular flexibility index (Phi) is 2.10. The van der Waals surface area contributed by atoms with Crippen molar-refractivity contribution in [3.8, 4) is 0 Å². The van der Waals surface area contributed by atoms with Crippen molar-refractivity contribution in [2.24, 2.45) is 0 Å². The van der Waals surface area contributed by atoms with Gasteiger partial charge >= 0.3 is 0 Å². The van der Waals surface area contributed by atoms with Gasteiger partial charge in [-0.15, -0.1) is 0 Å². The molecule has 1 aliphatic heterocycles. The van der Waals surface area contributed by atoms with E-state index in [0.29, 0.717) is 0 Å². The van der Waals surface area contributed by atoms with Gasteiger partial charge in [-0.2, -0.15) is 0 Å². The van der Waals surface area contributed by atoms with Crippen molar-refractivity contribution in [3.63, 3.8) is 0 Å². The van der Waals surface area contributed by atoms with E-state index in [1.54, 1.807) is 11.1 Å². The second-order valence-corrected chi connectivity index (χ2v) is 2.59. The quantitative estimate of drug-likeness (QED) is 0.541. The Labute approximate surface area is 61.5 Å². The lowest BCUT2D eigenvalue weighted by atomic mass is 10.2. The molecular formula is C8H13NO. The summed E-state index contributed by atoms with van der Waals surface area (Å²) in [7, 11) is 0. The molecule has 0 aromatic carbocycles. The summed E-state index contributed by atoms with van der Waals surface area (Å²) in [5.74, 6) is 0.239. The van der Waals surface area contributed by atoms with Gasteiger partial charge in [-0.3, -0.25) is 4.79 Å². The van der Waals surface area contributed by atoms with E-state index >= 15 is 0 Å². The lowest BCUT2D eigenvalue weighted by Gasteiger charge is -1.91. The number of nitrogens with zero attached hydrogens (tertiary/aromatic N) is 1. The minimum Gasteiger partial charge on any atom is -0.305 e. The lowest BCUT2D eigenvalue weighted by molar-refractivity contribution is -0.113. The van der Waals surface area contributed by atoms with Crippen LogP contribution < -0.4 is 0 Å². The zero-order valence-corrected chi connectivity index (χ0v) is 6.34. The molecule has 1 heterocycles. The van der Waals surface area contributed by atoms with Crippen LogP contribution in [0, 0.1) is 0 Å². The molecule has 1 amide bonds. The molecule has 1 saturated heterocycles. The van der Waals surface area contributed by atoms with E-state index in [1.165, 1.54) is 0 Å². The largest absolute Gasteiger partial charge is 0.305 e. The Morgan fingerprint density at radius 2 is 2.50 bits per heavy atom. The Morgan fingerprint density at radius 1 is 1.80 bits per heavy atom. The van der Waals surface area contributed by atoms with Gasteiger partial charge in [-0.25, -0.2) is 0 Å². The maximum Gasteiger partial charge on any atom is 0.250 e. The van der Waals surface area contributed by atoms with E-state index in [9.17, 15) is 4.79 Å². The first-order chi connectivity index (χ1) is 4.81. The number of unbranched alkanes of at least 4 members (excludes halogenated alkanes) is 1. The molecule has 0 aromatic heterocycles. The van der Waals surface area contributed by atoms with Gasteiger partial charge < -0.3 is 4.90 Å². The molecule has 0 spiro atoms. The molecule has 1 fully saturated rings. The topological polar surface area (TPSA) is 20.1 Å². The number of rotatable bonds is 4. The van der Waals surface area contributed by atoms with Gasteiger partial charge in [0.2, 0.25) is 5.91 Å². The smallest absolute Gasteiger partial charge is 0.250 e. The molecule has 2 nitrogen and oxygen atoms in total. The summed E-state index contributed by atoms with van der Waals surface area (Å²) in [6.45, 7) is 5.67.